The monoisotopic (exact) mass is 270 g/mol. The molecule has 0 aliphatic rings. The summed E-state index contributed by atoms with van der Waals surface area (Å²) in [7, 11) is 0. The molecule has 0 saturated carbocycles. The fourth-order valence-electron chi connectivity index (χ4n) is 1.52. The van der Waals surface area contributed by atoms with Crippen LogP contribution in [0.2, 0.25) is 10.0 Å². The van der Waals surface area contributed by atoms with Crippen molar-refractivity contribution in [3.8, 4) is 0 Å². The first kappa shape index (κ1) is 12.4. The molecule has 0 radical (unpaired) electrons. The van der Waals surface area contributed by atoms with E-state index in [1.807, 2.05) is 18.3 Å². The summed E-state index contributed by atoms with van der Waals surface area (Å²) in [4.78, 5) is 0. The van der Waals surface area contributed by atoms with Gasteiger partial charge < -0.3 is 5.73 Å². The Morgan fingerprint density at radius 3 is 2.88 bits per heavy atom. The molecule has 0 fully saturated rings. The standard InChI is InChI=1S/C11H12Cl2N4/c12-10-3-1-2-8(11(10)13)6-17-7-9(4-5-14)15-16-17/h1-3,7H,4-6,14H2. The molecule has 1 heterocycles. The largest absolute Gasteiger partial charge is 0.330 e. The zero-order valence-corrected chi connectivity index (χ0v) is 10.6. The third-order valence-corrected chi connectivity index (χ3v) is 3.21. The molecule has 6 heteroatoms. The first-order chi connectivity index (χ1) is 8.20. The lowest BCUT2D eigenvalue weighted by Gasteiger charge is -2.04. The highest BCUT2D eigenvalue weighted by Gasteiger charge is 2.06. The molecule has 0 saturated heterocycles. The molecule has 0 atom stereocenters. The summed E-state index contributed by atoms with van der Waals surface area (Å²) in [5.41, 5.74) is 7.25. The van der Waals surface area contributed by atoms with E-state index in [1.54, 1.807) is 10.7 Å². The second-order valence-electron chi connectivity index (χ2n) is 3.66. The van der Waals surface area contributed by atoms with Gasteiger partial charge in [0.05, 0.1) is 22.3 Å². The average molecular weight is 271 g/mol. The van der Waals surface area contributed by atoms with Crippen molar-refractivity contribution in [3.05, 3.63) is 45.7 Å². The molecule has 2 rings (SSSR count). The maximum atomic E-state index is 6.10. The van der Waals surface area contributed by atoms with Crippen LogP contribution in [0.3, 0.4) is 0 Å². The van der Waals surface area contributed by atoms with Gasteiger partial charge in [-0.05, 0) is 18.2 Å². The second-order valence-corrected chi connectivity index (χ2v) is 4.44. The van der Waals surface area contributed by atoms with E-state index in [4.69, 9.17) is 28.9 Å². The number of halogens is 2. The predicted molar refractivity (Wildman–Crippen MR) is 68.3 cm³/mol. The third kappa shape index (κ3) is 2.97. The third-order valence-electron chi connectivity index (χ3n) is 2.35. The lowest BCUT2D eigenvalue weighted by atomic mass is 10.2. The Labute approximate surface area is 109 Å². The summed E-state index contributed by atoms with van der Waals surface area (Å²) in [5, 5.41) is 9.13. The fourth-order valence-corrected chi connectivity index (χ4v) is 1.90. The van der Waals surface area contributed by atoms with E-state index in [9.17, 15) is 0 Å². The molecule has 1 aromatic heterocycles. The minimum Gasteiger partial charge on any atom is -0.330 e. The van der Waals surface area contributed by atoms with Gasteiger partial charge in [0.25, 0.3) is 0 Å². The van der Waals surface area contributed by atoms with Crippen LogP contribution >= 0.6 is 23.2 Å². The highest BCUT2D eigenvalue weighted by molar-refractivity contribution is 6.42. The number of rotatable bonds is 4. The number of aromatic nitrogens is 3. The molecule has 2 N–H and O–H groups in total. The second kappa shape index (κ2) is 5.49. The van der Waals surface area contributed by atoms with E-state index in [0.29, 0.717) is 23.1 Å². The van der Waals surface area contributed by atoms with E-state index < -0.39 is 0 Å². The number of nitrogens with zero attached hydrogens (tertiary/aromatic N) is 3. The number of hydrogen-bond acceptors (Lipinski definition) is 3. The minimum absolute atomic E-state index is 0.548. The van der Waals surface area contributed by atoms with E-state index >= 15 is 0 Å². The van der Waals surface area contributed by atoms with Gasteiger partial charge in [0.15, 0.2) is 0 Å². The molecule has 2 aromatic rings. The summed E-state index contributed by atoms with van der Waals surface area (Å²) in [6, 6.07) is 5.54. The van der Waals surface area contributed by atoms with Crippen molar-refractivity contribution in [2.45, 2.75) is 13.0 Å². The van der Waals surface area contributed by atoms with Crippen molar-refractivity contribution < 1.29 is 0 Å². The Bertz CT molecular complexity index is 510. The van der Waals surface area contributed by atoms with Gasteiger partial charge >= 0.3 is 0 Å². The molecule has 17 heavy (non-hydrogen) atoms. The molecule has 0 spiro atoms. The Hall–Kier alpha value is -1.10. The van der Waals surface area contributed by atoms with Crippen LogP contribution in [0, 0.1) is 0 Å². The highest BCUT2D eigenvalue weighted by atomic mass is 35.5. The molecule has 0 bridgehead atoms. The molecule has 1 aromatic carbocycles. The molecular formula is C11H12Cl2N4. The van der Waals surface area contributed by atoms with Gasteiger partial charge in [-0.15, -0.1) is 5.10 Å². The van der Waals surface area contributed by atoms with Crippen molar-refractivity contribution >= 4 is 23.2 Å². The van der Waals surface area contributed by atoms with Crippen LogP contribution in [0.25, 0.3) is 0 Å². The smallest absolute Gasteiger partial charge is 0.0839 e. The van der Waals surface area contributed by atoms with Crippen molar-refractivity contribution in [3.63, 3.8) is 0 Å². The first-order valence-corrected chi connectivity index (χ1v) is 5.98. The van der Waals surface area contributed by atoms with Gasteiger partial charge in [-0.25, -0.2) is 4.68 Å². The number of benzene rings is 1. The Morgan fingerprint density at radius 2 is 2.12 bits per heavy atom. The molecule has 4 nitrogen and oxygen atoms in total. The summed E-state index contributed by atoms with van der Waals surface area (Å²) >= 11 is 12.0. The van der Waals surface area contributed by atoms with Crippen molar-refractivity contribution in [2.24, 2.45) is 5.73 Å². The Balaban J connectivity index is 2.16. The lowest BCUT2D eigenvalue weighted by molar-refractivity contribution is 0.649. The van der Waals surface area contributed by atoms with E-state index in [-0.39, 0.29) is 0 Å². The normalized spacial score (nSPS) is 10.8. The maximum absolute atomic E-state index is 6.10. The van der Waals surface area contributed by atoms with Gasteiger partial charge in [0.1, 0.15) is 0 Å². The van der Waals surface area contributed by atoms with Gasteiger partial charge in [-0.3, -0.25) is 0 Å². The lowest BCUT2D eigenvalue weighted by Crippen LogP contribution is -2.03. The molecule has 90 valence electrons. The van der Waals surface area contributed by atoms with Crippen LogP contribution < -0.4 is 5.73 Å². The topological polar surface area (TPSA) is 56.7 Å². The zero-order valence-electron chi connectivity index (χ0n) is 9.11. The van der Waals surface area contributed by atoms with Crippen LogP contribution in [0.15, 0.2) is 24.4 Å². The first-order valence-electron chi connectivity index (χ1n) is 5.22. The molecule has 0 amide bonds. The van der Waals surface area contributed by atoms with Gasteiger partial charge in [0, 0.05) is 12.6 Å². The average Bonchev–Trinajstić information content (AvgIpc) is 2.73. The predicted octanol–water partition coefficient (Wildman–Crippen LogP) is 2.13. The fraction of sp³-hybridized carbons (Fsp3) is 0.273. The van der Waals surface area contributed by atoms with Crippen LogP contribution in [-0.2, 0) is 13.0 Å². The number of hydrogen-bond donors (Lipinski definition) is 1. The van der Waals surface area contributed by atoms with Crippen molar-refractivity contribution in [1.82, 2.24) is 15.0 Å². The SMILES string of the molecule is NCCc1cn(Cc2cccc(Cl)c2Cl)nn1. The summed E-state index contributed by atoms with van der Waals surface area (Å²) in [6.45, 7) is 1.12. The minimum atomic E-state index is 0.548. The van der Waals surface area contributed by atoms with Crippen molar-refractivity contribution in [2.75, 3.05) is 6.54 Å². The van der Waals surface area contributed by atoms with Crippen LogP contribution in [0.1, 0.15) is 11.3 Å². The zero-order chi connectivity index (χ0) is 12.3. The van der Waals surface area contributed by atoms with Gasteiger partial charge in [-0.1, -0.05) is 40.5 Å². The summed E-state index contributed by atoms with van der Waals surface area (Å²) < 4.78 is 1.72. The van der Waals surface area contributed by atoms with E-state index in [0.717, 1.165) is 17.7 Å². The van der Waals surface area contributed by atoms with E-state index in [2.05, 4.69) is 10.3 Å². The van der Waals surface area contributed by atoms with Crippen molar-refractivity contribution in [1.29, 1.82) is 0 Å². The van der Waals surface area contributed by atoms with E-state index in [1.165, 1.54) is 0 Å². The highest BCUT2D eigenvalue weighted by Crippen LogP contribution is 2.25. The number of nitrogens with two attached hydrogens (primary N) is 1. The molecular weight excluding hydrogens is 259 g/mol. The maximum Gasteiger partial charge on any atom is 0.0839 e. The summed E-state index contributed by atoms with van der Waals surface area (Å²) in [6.07, 6.45) is 2.59. The van der Waals surface area contributed by atoms with Gasteiger partial charge in [-0.2, -0.15) is 0 Å². The van der Waals surface area contributed by atoms with Gasteiger partial charge in [0.2, 0.25) is 0 Å². The van der Waals surface area contributed by atoms with Crippen LogP contribution in [0.4, 0.5) is 0 Å². The molecule has 0 aliphatic heterocycles. The van der Waals surface area contributed by atoms with Crippen LogP contribution in [-0.4, -0.2) is 21.5 Å². The van der Waals surface area contributed by atoms with Crippen LogP contribution in [0.5, 0.6) is 0 Å². The molecule has 0 unspecified atom stereocenters. The quantitative estimate of drug-likeness (QED) is 0.926. The Morgan fingerprint density at radius 1 is 1.29 bits per heavy atom. The summed E-state index contributed by atoms with van der Waals surface area (Å²) in [5.74, 6) is 0. The Kier molecular flexibility index (Phi) is 3.99. The molecule has 0 aliphatic carbocycles.